The fourth-order valence-electron chi connectivity index (χ4n) is 2.92. The largest absolute Gasteiger partial charge is 0.360 e. The van der Waals surface area contributed by atoms with Crippen LogP contribution in [0.4, 0.5) is 13.9 Å². The number of anilines is 1. The number of aryl methyl sites for hydroxylation is 1. The molecule has 0 unspecified atom stereocenters. The number of halogens is 2. The molecule has 28 heavy (non-hydrogen) atoms. The number of benzene rings is 2. The van der Waals surface area contributed by atoms with E-state index in [1.807, 2.05) is 37.3 Å². The van der Waals surface area contributed by atoms with Gasteiger partial charge in [-0.15, -0.1) is 11.3 Å². The first-order valence-electron chi connectivity index (χ1n) is 8.28. The number of carbonyl (C=O) groups is 1. The van der Waals surface area contributed by atoms with Crippen molar-refractivity contribution < 1.29 is 13.6 Å². The Morgan fingerprint density at radius 2 is 1.93 bits per heavy atom. The molecule has 0 spiro atoms. The lowest BCUT2D eigenvalue weighted by Crippen LogP contribution is -2.22. The number of aromatic amines is 1. The van der Waals surface area contributed by atoms with Gasteiger partial charge >= 0.3 is 0 Å². The number of aromatic nitrogens is 2. The fraction of sp³-hybridized carbons (Fsp3) is 0.0500. The molecule has 0 saturated heterocycles. The van der Waals surface area contributed by atoms with E-state index < -0.39 is 23.0 Å². The second-order valence-electron chi connectivity index (χ2n) is 6.09. The number of rotatable bonds is 3. The average molecular weight is 397 g/mol. The molecule has 0 aliphatic rings. The van der Waals surface area contributed by atoms with Crippen LogP contribution in [0.3, 0.4) is 0 Å². The van der Waals surface area contributed by atoms with Crippen LogP contribution in [0.5, 0.6) is 0 Å². The Hall–Kier alpha value is -3.39. The molecule has 0 bridgehead atoms. The Labute approximate surface area is 161 Å². The minimum Gasteiger partial charge on any atom is -0.360 e. The van der Waals surface area contributed by atoms with Crippen LogP contribution in [0.15, 0.2) is 53.5 Å². The third-order valence-electron chi connectivity index (χ3n) is 4.21. The van der Waals surface area contributed by atoms with E-state index in [9.17, 15) is 18.4 Å². The molecule has 4 aromatic rings. The van der Waals surface area contributed by atoms with Crippen LogP contribution in [-0.2, 0) is 0 Å². The summed E-state index contributed by atoms with van der Waals surface area (Å²) in [6.45, 7) is 1.88. The number of carbonyl (C=O) groups excluding carboxylic acids is 1. The highest BCUT2D eigenvalue weighted by Gasteiger charge is 2.18. The molecule has 0 atom stereocenters. The molecule has 0 radical (unpaired) electrons. The molecular weight excluding hydrogens is 384 g/mol. The monoisotopic (exact) mass is 397 g/mol. The average Bonchev–Trinajstić information content (AvgIpc) is 3.02. The van der Waals surface area contributed by atoms with Crippen molar-refractivity contribution in [3.8, 4) is 11.3 Å². The van der Waals surface area contributed by atoms with Gasteiger partial charge in [0.2, 0.25) is 5.43 Å². The number of fused-ring (bicyclic) bond motifs is 1. The number of amides is 1. The zero-order valence-corrected chi connectivity index (χ0v) is 15.4. The van der Waals surface area contributed by atoms with Gasteiger partial charge in [-0.05, 0) is 13.0 Å². The van der Waals surface area contributed by atoms with E-state index in [2.05, 4.69) is 15.3 Å². The molecule has 2 aromatic carbocycles. The van der Waals surface area contributed by atoms with Crippen molar-refractivity contribution in [2.75, 3.05) is 5.32 Å². The van der Waals surface area contributed by atoms with E-state index in [0.29, 0.717) is 11.2 Å². The number of thiazole rings is 1. The van der Waals surface area contributed by atoms with Crippen molar-refractivity contribution in [1.82, 2.24) is 9.97 Å². The minimum absolute atomic E-state index is 0.0180. The maximum absolute atomic E-state index is 14.0. The van der Waals surface area contributed by atoms with Crippen molar-refractivity contribution >= 4 is 33.3 Å². The second-order valence-corrected chi connectivity index (χ2v) is 7.29. The van der Waals surface area contributed by atoms with Gasteiger partial charge in [-0.25, -0.2) is 13.8 Å². The summed E-state index contributed by atoms with van der Waals surface area (Å²) < 4.78 is 27.3. The molecule has 5 nitrogen and oxygen atoms in total. The summed E-state index contributed by atoms with van der Waals surface area (Å²) >= 11 is 1.27. The van der Waals surface area contributed by atoms with E-state index in [4.69, 9.17) is 0 Å². The summed E-state index contributed by atoms with van der Waals surface area (Å²) in [5.74, 6) is -2.56. The molecule has 2 N–H and O–H groups in total. The lowest BCUT2D eigenvalue weighted by atomic mass is 10.1. The highest BCUT2D eigenvalue weighted by Crippen LogP contribution is 2.30. The summed E-state index contributed by atoms with van der Waals surface area (Å²) in [6, 6.07) is 11.1. The third-order valence-corrected chi connectivity index (χ3v) is 5.09. The maximum Gasteiger partial charge on any atom is 0.262 e. The van der Waals surface area contributed by atoms with E-state index in [-0.39, 0.29) is 16.5 Å². The van der Waals surface area contributed by atoms with Crippen molar-refractivity contribution in [1.29, 1.82) is 0 Å². The molecule has 1 amide bonds. The number of nitrogens with zero attached hydrogens (tertiary/aromatic N) is 1. The van der Waals surface area contributed by atoms with Gasteiger partial charge in [-0.3, -0.25) is 14.9 Å². The van der Waals surface area contributed by atoms with Gasteiger partial charge in [-0.1, -0.05) is 30.3 Å². The number of hydrogen-bond donors (Lipinski definition) is 2. The first kappa shape index (κ1) is 18.0. The molecule has 8 heteroatoms. The Bertz CT molecular complexity index is 1270. The number of H-pyrrole nitrogens is 1. The summed E-state index contributed by atoms with van der Waals surface area (Å²) in [5, 5.41) is 2.53. The minimum atomic E-state index is -1.03. The lowest BCUT2D eigenvalue weighted by molar-refractivity contribution is 0.102. The molecule has 4 rings (SSSR count). The second kappa shape index (κ2) is 6.97. The van der Waals surface area contributed by atoms with Crippen LogP contribution >= 0.6 is 11.3 Å². The number of pyridine rings is 1. The lowest BCUT2D eigenvalue weighted by Gasteiger charge is -2.04. The summed E-state index contributed by atoms with van der Waals surface area (Å²) in [7, 11) is 0. The SMILES string of the molecule is Cc1sc(NC(=O)c2c[nH]c3cc(F)cc(F)c3c2=O)nc1-c1ccccc1. The Kier molecular flexibility index (Phi) is 4.48. The molecule has 140 valence electrons. The fourth-order valence-corrected chi connectivity index (χ4v) is 3.75. The molecule has 0 fully saturated rings. The van der Waals surface area contributed by atoms with Gasteiger partial charge < -0.3 is 4.98 Å². The van der Waals surface area contributed by atoms with Crippen LogP contribution in [0.2, 0.25) is 0 Å². The van der Waals surface area contributed by atoms with Crippen LogP contribution in [0.1, 0.15) is 15.2 Å². The Morgan fingerprint density at radius 1 is 1.18 bits per heavy atom. The zero-order valence-electron chi connectivity index (χ0n) is 14.5. The van der Waals surface area contributed by atoms with Crippen molar-refractivity contribution in [3.05, 3.63) is 81.0 Å². The van der Waals surface area contributed by atoms with Crippen LogP contribution in [0, 0.1) is 18.6 Å². The normalized spacial score (nSPS) is 11.0. The van der Waals surface area contributed by atoms with E-state index in [0.717, 1.165) is 28.4 Å². The quantitative estimate of drug-likeness (QED) is 0.535. The van der Waals surface area contributed by atoms with Crippen LogP contribution in [0.25, 0.3) is 22.2 Å². The summed E-state index contributed by atoms with van der Waals surface area (Å²) in [4.78, 5) is 33.0. The van der Waals surface area contributed by atoms with Crippen molar-refractivity contribution in [2.24, 2.45) is 0 Å². The molecule has 0 saturated carbocycles. The van der Waals surface area contributed by atoms with Gasteiger partial charge in [-0.2, -0.15) is 0 Å². The predicted molar refractivity (Wildman–Crippen MR) is 105 cm³/mol. The summed E-state index contributed by atoms with van der Waals surface area (Å²) in [6.07, 6.45) is 1.14. The van der Waals surface area contributed by atoms with Crippen LogP contribution in [-0.4, -0.2) is 15.9 Å². The van der Waals surface area contributed by atoms with Gasteiger partial charge in [0.25, 0.3) is 5.91 Å². The van der Waals surface area contributed by atoms with Crippen molar-refractivity contribution in [2.45, 2.75) is 6.92 Å². The Balaban J connectivity index is 1.68. The first-order chi connectivity index (χ1) is 13.4. The van der Waals surface area contributed by atoms with Gasteiger partial charge in [0.15, 0.2) is 5.13 Å². The number of nitrogens with one attached hydrogen (secondary N) is 2. The molecule has 2 heterocycles. The maximum atomic E-state index is 14.0. The Morgan fingerprint density at radius 3 is 2.68 bits per heavy atom. The molecule has 2 aromatic heterocycles. The van der Waals surface area contributed by atoms with Gasteiger partial charge in [0.1, 0.15) is 17.2 Å². The molecule has 0 aliphatic heterocycles. The highest BCUT2D eigenvalue weighted by atomic mass is 32.1. The standard InChI is InChI=1S/C20H13F2N3O2S/c1-10-17(11-5-3-2-4-6-11)24-20(28-10)25-19(27)13-9-23-15-8-12(21)7-14(22)16(15)18(13)26/h2-9H,1H3,(H,23,26)(H,24,25,27). The van der Waals surface area contributed by atoms with E-state index in [1.165, 1.54) is 11.3 Å². The zero-order chi connectivity index (χ0) is 19.8. The van der Waals surface area contributed by atoms with Crippen LogP contribution < -0.4 is 10.7 Å². The number of hydrogen-bond acceptors (Lipinski definition) is 4. The topological polar surface area (TPSA) is 74.8 Å². The highest BCUT2D eigenvalue weighted by molar-refractivity contribution is 7.16. The summed E-state index contributed by atoms with van der Waals surface area (Å²) in [5.41, 5.74) is 0.516. The van der Waals surface area contributed by atoms with Gasteiger partial charge in [0, 0.05) is 22.7 Å². The third kappa shape index (κ3) is 3.18. The first-order valence-corrected chi connectivity index (χ1v) is 9.10. The van der Waals surface area contributed by atoms with E-state index >= 15 is 0 Å². The smallest absolute Gasteiger partial charge is 0.262 e. The van der Waals surface area contributed by atoms with Gasteiger partial charge in [0.05, 0.1) is 16.6 Å². The molecule has 0 aliphatic carbocycles. The predicted octanol–water partition coefficient (Wildman–Crippen LogP) is 4.49. The molecular formula is C20H13F2N3O2S. The van der Waals surface area contributed by atoms with E-state index in [1.54, 1.807) is 0 Å². The van der Waals surface area contributed by atoms with Crippen molar-refractivity contribution in [3.63, 3.8) is 0 Å².